The highest BCUT2D eigenvalue weighted by atomic mass is 19.4. The number of nitrogens with zero attached hydrogens (tertiary/aromatic N) is 5. The molecule has 1 aromatic carbocycles. The minimum atomic E-state index is -5.08. The molecule has 2 aliphatic heterocycles. The molecular weight excluding hydrogens is 517 g/mol. The van der Waals surface area contributed by atoms with Gasteiger partial charge in [-0.05, 0) is 24.6 Å². The van der Waals surface area contributed by atoms with Gasteiger partial charge in [0.05, 0.1) is 0 Å². The smallest absolute Gasteiger partial charge is 0.475 e. The summed E-state index contributed by atoms with van der Waals surface area (Å²) < 4.78 is 60.3. The Morgan fingerprint density at radius 1 is 1.16 bits per heavy atom. The van der Waals surface area contributed by atoms with Gasteiger partial charge in [0, 0.05) is 80.1 Å². The van der Waals surface area contributed by atoms with E-state index in [9.17, 15) is 26.7 Å². The molecule has 1 saturated heterocycles. The Hall–Kier alpha value is -4.01. The Kier molecular flexibility index (Phi) is 7.66. The molecule has 0 saturated carbocycles. The van der Waals surface area contributed by atoms with Crippen molar-refractivity contribution >= 4 is 40.1 Å². The van der Waals surface area contributed by atoms with Crippen molar-refractivity contribution < 1.29 is 36.6 Å². The van der Waals surface area contributed by atoms with Crippen LogP contribution in [0.15, 0.2) is 30.6 Å². The molecule has 0 bridgehead atoms. The minimum Gasteiger partial charge on any atom is -0.475 e. The summed E-state index contributed by atoms with van der Waals surface area (Å²) in [5.41, 5.74) is 2.51. The van der Waals surface area contributed by atoms with Gasteiger partial charge in [-0.15, -0.1) is 0 Å². The van der Waals surface area contributed by atoms with E-state index in [2.05, 4.69) is 25.6 Å². The number of amides is 2. The van der Waals surface area contributed by atoms with Gasteiger partial charge in [-0.3, -0.25) is 9.58 Å². The molecule has 1 fully saturated rings. The zero-order valence-corrected chi connectivity index (χ0v) is 20.1. The summed E-state index contributed by atoms with van der Waals surface area (Å²) in [7, 11) is 1.68. The quantitative estimate of drug-likeness (QED) is 0.435. The third-order valence-corrected chi connectivity index (χ3v) is 6.03. The number of nitrogens with one attached hydrogen (secondary N) is 2. The number of hydrogen-bond acceptors (Lipinski definition) is 6. The summed E-state index contributed by atoms with van der Waals surface area (Å²) in [5.74, 6) is -2.13. The summed E-state index contributed by atoms with van der Waals surface area (Å²) in [6.45, 7) is 4.15. The van der Waals surface area contributed by atoms with Crippen LogP contribution >= 0.6 is 0 Å². The molecular formula is C23H24F5N7O3. The Bertz CT molecular complexity index is 1340. The topological polar surface area (TPSA) is 116 Å². The fourth-order valence-electron chi connectivity index (χ4n) is 4.38. The first-order valence-electron chi connectivity index (χ1n) is 11.5. The van der Waals surface area contributed by atoms with Crippen LogP contribution in [-0.2, 0) is 18.3 Å². The highest BCUT2D eigenvalue weighted by Gasteiger charge is 2.38. The number of benzene rings is 1. The number of alkyl halides is 5. The lowest BCUT2D eigenvalue weighted by Gasteiger charge is -2.31. The molecule has 5 rings (SSSR count). The van der Waals surface area contributed by atoms with Crippen LogP contribution in [0.4, 0.5) is 43.9 Å². The van der Waals surface area contributed by atoms with Crippen molar-refractivity contribution in [2.45, 2.75) is 19.0 Å². The number of urea groups is 1. The molecule has 2 aromatic heterocycles. The summed E-state index contributed by atoms with van der Waals surface area (Å²) in [6.07, 6.45) is -3.69. The maximum Gasteiger partial charge on any atom is 0.490 e. The van der Waals surface area contributed by atoms with E-state index in [1.165, 1.54) is 10.7 Å². The standard InChI is InChI=1S/C21H23F2N7O.C2HF3O2/c1-28-12-13-10-14(11-16(19(22)23)18(13)27-28)26-21(31)30-7-3-15-17(2-4-25-20(15)30)29-8-5-24-6-9-29;3-2(4,5)1(6)7/h2,4,10-12,19,24H,3,5-9H2,1H3,(H,26,31);(H,6,7). The van der Waals surface area contributed by atoms with Crippen LogP contribution in [0.5, 0.6) is 0 Å². The molecule has 3 N–H and O–H groups in total. The average molecular weight is 541 g/mol. The van der Waals surface area contributed by atoms with Crippen LogP contribution < -0.4 is 20.4 Å². The number of anilines is 3. The second-order valence-corrected chi connectivity index (χ2v) is 8.61. The third-order valence-electron chi connectivity index (χ3n) is 6.03. The first-order valence-corrected chi connectivity index (χ1v) is 11.5. The lowest BCUT2D eigenvalue weighted by molar-refractivity contribution is -0.192. The van der Waals surface area contributed by atoms with Gasteiger partial charge in [-0.25, -0.2) is 23.4 Å². The summed E-state index contributed by atoms with van der Waals surface area (Å²) >= 11 is 0. The van der Waals surface area contributed by atoms with Gasteiger partial charge in [0.2, 0.25) is 0 Å². The van der Waals surface area contributed by atoms with Crippen LogP contribution in [0.2, 0.25) is 0 Å². The summed E-state index contributed by atoms with van der Waals surface area (Å²) in [6, 6.07) is 4.57. The molecule has 0 atom stereocenters. The van der Waals surface area contributed by atoms with Gasteiger partial charge in [-0.2, -0.15) is 18.3 Å². The second-order valence-electron chi connectivity index (χ2n) is 8.61. The first-order chi connectivity index (χ1) is 18.0. The zero-order chi connectivity index (χ0) is 27.6. The number of carboxylic acid groups (broad SMARTS) is 1. The molecule has 0 unspecified atom stereocenters. The lowest BCUT2D eigenvalue weighted by Crippen LogP contribution is -2.43. The largest absolute Gasteiger partial charge is 0.490 e. The number of carbonyl (C=O) groups is 2. The van der Waals surface area contributed by atoms with Crippen LogP contribution in [-0.4, -0.2) is 70.8 Å². The number of carbonyl (C=O) groups excluding carboxylic acids is 1. The fraction of sp³-hybridized carbons (Fsp3) is 0.391. The van der Waals surface area contributed by atoms with E-state index in [1.807, 2.05) is 6.07 Å². The molecule has 3 aromatic rings. The van der Waals surface area contributed by atoms with Gasteiger partial charge < -0.3 is 20.6 Å². The highest BCUT2D eigenvalue weighted by molar-refractivity contribution is 6.04. The van der Waals surface area contributed by atoms with Crippen molar-refractivity contribution in [1.82, 2.24) is 20.1 Å². The molecule has 38 heavy (non-hydrogen) atoms. The lowest BCUT2D eigenvalue weighted by atomic mass is 10.1. The van der Waals surface area contributed by atoms with E-state index in [1.54, 1.807) is 30.4 Å². The van der Waals surface area contributed by atoms with Crippen molar-refractivity contribution in [3.63, 3.8) is 0 Å². The number of aryl methyl sites for hydroxylation is 1. The van der Waals surface area contributed by atoms with Gasteiger partial charge in [0.15, 0.2) is 0 Å². The van der Waals surface area contributed by atoms with E-state index in [-0.39, 0.29) is 17.1 Å². The number of aromatic nitrogens is 3. The molecule has 10 nitrogen and oxygen atoms in total. The highest BCUT2D eigenvalue weighted by Crippen LogP contribution is 2.35. The van der Waals surface area contributed by atoms with Crippen LogP contribution in [0.25, 0.3) is 10.9 Å². The van der Waals surface area contributed by atoms with Crippen LogP contribution in [0, 0.1) is 0 Å². The van der Waals surface area contributed by atoms with Crippen LogP contribution in [0.3, 0.4) is 0 Å². The van der Waals surface area contributed by atoms with Gasteiger partial charge in [-0.1, -0.05) is 0 Å². The third kappa shape index (κ3) is 5.77. The number of hydrogen-bond donors (Lipinski definition) is 3. The predicted molar refractivity (Wildman–Crippen MR) is 129 cm³/mol. The molecule has 0 aliphatic carbocycles. The molecule has 204 valence electrons. The maximum absolute atomic E-state index is 13.6. The minimum absolute atomic E-state index is 0.200. The SMILES string of the molecule is Cn1cc2cc(NC(=O)N3CCc4c(N5CCNCC5)ccnc43)cc(C(F)F)c2n1.O=C(O)C(F)(F)F. The Labute approximate surface area is 213 Å². The number of carboxylic acids is 1. The normalized spacial score (nSPS) is 15.3. The Morgan fingerprint density at radius 2 is 1.84 bits per heavy atom. The average Bonchev–Trinajstić information content (AvgIpc) is 3.46. The monoisotopic (exact) mass is 541 g/mol. The van der Waals surface area contributed by atoms with Crippen molar-refractivity contribution in [3.8, 4) is 0 Å². The second kappa shape index (κ2) is 10.8. The molecule has 2 amide bonds. The van der Waals surface area contributed by atoms with E-state index in [0.29, 0.717) is 29.9 Å². The zero-order valence-electron chi connectivity index (χ0n) is 20.1. The maximum atomic E-state index is 13.6. The number of piperazine rings is 1. The van der Waals surface area contributed by atoms with E-state index < -0.39 is 18.6 Å². The Balaban J connectivity index is 0.000000426. The molecule has 0 radical (unpaired) electrons. The van der Waals surface area contributed by atoms with Crippen LogP contribution in [0.1, 0.15) is 17.6 Å². The first kappa shape index (κ1) is 27.0. The van der Waals surface area contributed by atoms with Crippen molar-refractivity contribution in [2.24, 2.45) is 7.05 Å². The number of fused-ring (bicyclic) bond motifs is 2. The molecule has 15 heteroatoms. The Morgan fingerprint density at radius 3 is 2.47 bits per heavy atom. The van der Waals surface area contributed by atoms with E-state index in [4.69, 9.17) is 9.90 Å². The number of pyridine rings is 1. The van der Waals surface area contributed by atoms with Gasteiger partial charge >= 0.3 is 18.2 Å². The van der Waals surface area contributed by atoms with Crippen molar-refractivity contribution in [1.29, 1.82) is 0 Å². The predicted octanol–water partition coefficient (Wildman–Crippen LogP) is 3.54. The van der Waals surface area contributed by atoms with Crippen molar-refractivity contribution in [3.05, 3.63) is 41.7 Å². The van der Waals surface area contributed by atoms with E-state index in [0.717, 1.165) is 37.4 Å². The number of halogens is 5. The van der Waals surface area contributed by atoms with Gasteiger partial charge in [0.1, 0.15) is 11.3 Å². The molecule has 2 aliphatic rings. The van der Waals surface area contributed by atoms with E-state index >= 15 is 0 Å². The molecule has 4 heterocycles. The summed E-state index contributed by atoms with van der Waals surface area (Å²) in [5, 5.41) is 17.9. The van der Waals surface area contributed by atoms with Crippen molar-refractivity contribution in [2.75, 3.05) is 47.8 Å². The van der Waals surface area contributed by atoms with Gasteiger partial charge in [0.25, 0.3) is 6.43 Å². The number of aliphatic carboxylic acids is 1. The molecule has 0 spiro atoms. The fourth-order valence-corrected chi connectivity index (χ4v) is 4.38. The number of rotatable bonds is 3. The summed E-state index contributed by atoms with van der Waals surface area (Å²) in [4.78, 5) is 30.3.